The monoisotopic (exact) mass is 376 g/mol. The van der Waals surface area contributed by atoms with E-state index in [4.69, 9.17) is 9.47 Å². The summed E-state index contributed by atoms with van der Waals surface area (Å²) >= 11 is 0. The third kappa shape index (κ3) is 4.77. The number of esters is 2. The quantitative estimate of drug-likeness (QED) is 0.533. The van der Waals surface area contributed by atoms with Gasteiger partial charge >= 0.3 is 11.9 Å². The smallest absolute Gasteiger partial charge is 0.307 e. The van der Waals surface area contributed by atoms with E-state index < -0.39 is 0 Å². The van der Waals surface area contributed by atoms with Gasteiger partial charge < -0.3 is 9.47 Å². The van der Waals surface area contributed by atoms with Gasteiger partial charge in [-0.05, 0) is 28.8 Å². The van der Waals surface area contributed by atoms with Crippen LogP contribution in [-0.2, 0) is 19.1 Å². The zero-order valence-electron chi connectivity index (χ0n) is 16.1. The van der Waals surface area contributed by atoms with Crippen molar-refractivity contribution in [3.8, 4) is 0 Å². The minimum Gasteiger partial charge on any atom is -0.469 e. The fourth-order valence-corrected chi connectivity index (χ4v) is 3.43. The highest BCUT2D eigenvalue weighted by atomic mass is 16.5. The Morgan fingerprint density at radius 3 is 2.21 bits per heavy atom. The second-order valence-electron chi connectivity index (χ2n) is 6.79. The number of rotatable bonds is 7. The van der Waals surface area contributed by atoms with Crippen molar-refractivity contribution >= 4 is 22.7 Å². The van der Waals surface area contributed by atoms with Gasteiger partial charge in [0.05, 0.1) is 20.0 Å². The topological polar surface area (TPSA) is 52.6 Å². The molecule has 0 aromatic heterocycles. The van der Waals surface area contributed by atoms with E-state index in [1.165, 1.54) is 7.11 Å². The Labute approximate surface area is 165 Å². The van der Waals surface area contributed by atoms with E-state index in [0.29, 0.717) is 0 Å². The first-order valence-electron chi connectivity index (χ1n) is 9.37. The summed E-state index contributed by atoms with van der Waals surface area (Å²) in [6.07, 6.45) is -0.125. The van der Waals surface area contributed by atoms with Crippen LogP contribution in [0.25, 0.3) is 10.8 Å². The molecule has 3 rings (SSSR count). The van der Waals surface area contributed by atoms with E-state index in [2.05, 4.69) is 0 Å². The zero-order valence-corrected chi connectivity index (χ0v) is 16.1. The predicted molar refractivity (Wildman–Crippen MR) is 109 cm³/mol. The maximum absolute atomic E-state index is 12.6. The third-order valence-corrected chi connectivity index (χ3v) is 4.89. The average Bonchev–Trinajstić information content (AvgIpc) is 2.73. The van der Waals surface area contributed by atoms with Crippen LogP contribution in [0, 0.1) is 0 Å². The standard InChI is InChI=1S/C24H24O4/c1-17(21-14-8-12-19-11-6-7-13-22(19)21)28-24(26)16-20(15-23(25)27-2)18-9-4-3-5-10-18/h3-14,17,20H,15-16H2,1-2H3/t17-,20-/m0/s1. The Kier molecular flexibility index (Phi) is 6.43. The number of carbonyl (C=O) groups excluding carboxylic acids is 2. The molecule has 0 saturated heterocycles. The van der Waals surface area contributed by atoms with Gasteiger partial charge in [0, 0.05) is 5.92 Å². The minimum absolute atomic E-state index is 0.119. The first-order valence-corrected chi connectivity index (χ1v) is 9.37. The first kappa shape index (κ1) is 19.6. The van der Waals surface area contributed by atoms with Gasteiger partial charge in [-0.25, -0.2) is 0 Å². The summed E-state index contributed by atoms with van der Waals surface area (Å²) < 4.78 is 10.5. The van der Waals surface area contributed by atoms with Crippen molar-refractivity contribution in [1.82, 2.24) is 0 Å². The van der Waals surface area contributed by atoms with E-state index in [0.717, 1.165) is 21.9 Å². The van der Waals surface area contributed by atoms with Crippen molar-refractivity contribution in [3.05, 3.63) is 83.9 Å². The molecule has 0 N–H and O–H groups in total. The van der Waals surface area contributed by atoms with Crippen LogP contribution in [0.1, 0.15) is 42.9 Å². The molecule has 0 aliphatic carbocycles. The van der Waals surface area contributed by atoms with E-state index in [1.807, 2.05) is 79.7 Å². The van der Waals surface area contributed by atoms with Crippen molar-refractivity contribution in [2.24, 2.45) is 0 Å². The van der Waals surface area contributed by atoms with Crippen LogP contribution >= 0.6 is 0 Å². The van der Waals surface area contributed by atoms with Gasteiger partial charge in [0.25, 0.3) is 0 Å². The highest BCUT2D eigenvalue weighted by molar-refractivity contribution is 5.86. The van der Waals surface area contributed by atoms with Crippen LogP contribution in [0.4, 0.5) is 0 Å². The van der Waals surface area contributed by atoms with Gasteiger partial charge in [-0.2, -0.15) is 0 Å². The molecule has 4 nitrogen and oxygen atoms in total. The molecule has 0 bridgehead atoms. The van der Waals surface area contributed by atoms with Gasteiger partial charge in [0.15, 0.2) is 0 Å². The summed E-state index contributed by atoms with van der Waals surface area (Å²) in [5.74, 6) is -0.956. The van der Waals surface area contributed by atoms with E-state index in [1.54, 1.807) is 0 Å². The summed E-state index contributed by atoms with van der Waals surface area (Å²) in [5, 5.41) is 2.18. The fourth-order valence-electron chi connectivity index (χ4n) is 3.43. The molecule has 144 valence electrons. The lowest BCUT2D eigenvalue weighted by molar-refractivity contribution is -0.149. The molecule has 0 fully saturated rings. The Hall–Kier alpha value is -3.14. The molecule has 28 heavy (non-hydrogen) atoms. The van der Waals surface area contributed by atoms with Crippen LogP contribution in [0.2, 0.25) is 0 Å². The molecule has 0 radical (unpaired) electrons. The third-order valence-electron chi connectivity index (χ3n) is 4.89. The molecule has 0 heterocycles. The summed E-state index contributed by atoms with van der Waals surface area (Å²) in [5.41, 5.74) is 1.89. The van der Waals surface area contributed by atoms with Crippen molar-refractivity contribution in [2.45, 2.75) is 31.8 Å². The van der Waals surface area contributed by atoms with Crippen molar-refractivity contribution in [2.75, 3.05) is 7.11 Å². The van der Waals surface area contributed by atoms with Gasteiger partial charge in [-0.1, -0.05) is 72.8 Å². The molecule has 0 unspecified atom stereocenters. The number of benzene rings is 3. The zero-order chi connectivity index (χ0) is 19.9. The number of hydrogen-bond donors (Lipinski definition) is 0. The number of carbonyl (C=O) groups is 2. The molecule has 0 saturated carbocycles. The SMILES string of the molecule is COC(=O)C[C@@H](CC(=O)O[C@@H](C)c1cccc2ccccc12)c1ccccc1. The van der Waals surface area contributed by atoms with E-state index in [9.17, 15) is 9.59 Å². The van der Waals surface area contributed by atoms with Crippen LogP contribution in [0.5, 0.6) is 0 Å². The normalized spacial score (nSPS) is 12.9. The largest absolute Gasteiger partial charge is 0.469 e. The molecule has 0 aliphatic heterocycles. The highest BCUT2D eigenvalue weighted by Gasteiger charge is 2.22. The van der Waals surface area contributed by atoms with Crippen molar-refractivity contribution in [1.29, 1.82) is 0 Å². The lowest BCUT2D eigenvalue weighted by Crippen LogP contribution is -2.16. The van der Waals surface area contributed by atoms with Crippen molar-refractivity contribution in [3.63, 3.8) is 0 Å². The number of methoxy groups -OCH3 is 1. The average molecular weight is 376 g/mol. The van der Waals surface area contributed by atoms with Gasteiger partial charge in [0.2, 0.25) is 0 Å². The molecule has 3 aromatic carbocycles. The molecule has 2 atom stereocenters. The van der Waals surface area contributed by atoms with Gasteiger partial charge in [0.1, 0.15) is 6.10 Å². The lowest BCUT2D eigenvalue weighted by Gasteiger charge is -2.19. The fraction of sp³-hybridized carbons (Fsp3) is 0.250. The minimum atomic E-state index is -0.381. The Bertz CT molecular complexity index is 944. The summed E-state index contributed by atoms with van der Waals surface area (Å²) in [6.45, 7) is 1.87. The molecule has 0 spiro atoms. The van der Waals surface area contributed by atoms with Crippen LogP contribution in [0.15, 0.2) is 72.8 Å². The summed E-state index contributed by atoms with van der Waals surface area (Å²) in [6, 6.07) is 23.5. The van der Waals surface area contributed by atoms with E-state index >= 15 is 0 Å². The van der Waals surface area contributed by atoms with Crippen LogP contribution < -0.4 is 0 Å². The van der Waals surface area contributed by atoms with Gasteiger partial charge in [-0.3, -0.25) is 9.59 Å². The maximum atomic E-state index is 12.6. The highest BCUT2D eigenvalue weighted by Crippen LogP contribution is 2.29. The lowest BCUT2D eigenvalue weighted by atomic mass is 9.92. The van der Waals surface area contributed by atoms with Crippen LogP contribution in [0.3, 0.4) is 0 Å². The maximum Gasteiger partial charge on any atom is 0.307 e. The first-order chi connectivity index (χ1) is 13.6. The Morgan fingerprint density at radius 1 is 0.821 bits per heavy atom. The van der Waals surface area contributed by atoms with Crippen LogP contribution in [-0.4, -0.2) is 19.0 Å². The Balaban J connectivity index is 1.74. The summed E-state index contributed by atoms with van der Waals surface area (Å²) in [7, 11) is 1.35. The number of ether oxygens (including phenoxy) is 2. The van der Waals surface area contributed by atoms with Crippen molar-refractivity contribution < 1.29 is 19.1 Å². The second kappa shape index (κ2) is 9.18. The molecule has 0 amide bonds. The summed E-state index contributed by atoms with van der Waals surface area (Å²) in [4.78, 5) is 24.4. The molecule has 4 heteroatoms. The Morgan fingerprint density at radius 2 is 1.46 bits per heavy atom. The molecular formula is C24H24O4. The molecule has 0 aliphatic rings. The molecular weight excluding hydrogens is 352 g/mol. The van der Waals surface area contributed by atoms with E-state index in [-0.39, 0.29) is 36.8 Å². The number of hydrogen-bond acceptors (Lipinski definition) is 4. The number of fused-ring (bicyclic) bond motifs is 1. The molecule has 3 aromatic rings. The van der Waals surface area contributed by atoms with Gasteiger partial charge in [-0.15, -0.1) is 0 Å². The second-order valence-corrected chi connectivity index (χ2v) is 6.79. The predicted octanol–water partition coefficient (Wildman–Crippen LogP) is 5.18.